The molecule has 1 aliphatic heterocycles. The second-order valence-corrected chi connectivity index (χ2v) is 6.45. The first-order chi connectivity index (χ1) is 8.18. The van der Waals surface area contributed by atoms with Crippen LogP contribution in [0.1, 0.15) is 52.4 Å². The average molecular weight is 239 g/mol. The van der Waals surface area contributed by atoms with Gasteiger partial charge in [0.05, 0.1) is 0 Å². The fraction of sp³-hybridized carbons (Fsp3) is 1.00. The molecule has 2 N–H and O–H groups in total. The Labute approximate surface area is 106 Å². The van der Waals surface area contributed by atoms with Crippen molar-refractivity contribution in [1.29, 1.82) is 0 Å². The summed E-state index contributed by atoms with van der Waals surface area (Å²) in [6.45, 7) is 6.59. The topological polar surface area (TPSA) is 35.2 Å². The lowest BCUT2D eigenvalue weighted by atomic mass is 9.71. The molecule has 0 aromatic heterocycles. The van der Waals surface area contributed by atoms with Crippen LogP contribution in [-0.4, -0.2) is 19.3 Å². The predicted molar refractivity (Wildman–Crippen MR) is 71.8 cm³/mol. The molecule has 2 rings (SSSR count). The van der Waals surface area contributed by atoms with Gasteiger partial charge in [-0.15, -0.1) is 0 Å². The van der Waals surface area contributed by atoms with Gasteiger partial charge in [-0.2, -0.15) is 0 Å². The Balaban J connectivity index is 1.79. The SMILES string of the molecule is CC(C)C1CCC(C(N)C2CCOCC2)CC1. The lowest BCUT2D eigenvalue weighted by Crippen LogP contribution is -2.42. The van der Waals surface area contributed by atoms with Gasteiger partial charge in [0.15, 0.2) is 0 Å². The number of hydrogen-bond donors (Lipinski definition) is 1. The molecule has 100 valence electrons. The van der Waals surface area contributed by atoms with Crippen molar-refractivity contribution in [1.82, 2.24) is 0 Å². The summed E-state index contributed by atoms with van der Waals surface area (Å²) in [7, 11) is 0. The van der Waals surface area contributed by atoms with Gasteiger partial charge in [0.25, 0.3) is 0 Å². The minimum atomic E-state index is 0.437. The third kappa shape index (κ3) is 3.45. The van der Waals surface area contributed by atoms with E-state index in [2.05, 4.69) is 13.8 Å². The summed E-state index contributed by atoms with van der Waals surface area (Å²) in [5.74, 6) is 3.32. The van der Waals surface area contributed by atoms with Crippen molar-refractivity contribution in [2.24, 2.45) is 29.4 Å². The van der Waals surface area contributed by atoms with Crippen LogP contribution >= 0.6 is 0 Å². The fourth-order valence-electron chi connectivity index (χ4n) is 3.68. The van der Waals surface area contributed by atoms with Crippen LogP contribution in [0.15, 0.2) is 0 Å². The molecule has 1 aliphatic carbocycles. The van der Waals surface area contributed by atoms with Crippen molar-refractivity contribution in [2.75, 3.05) is 13.2 Å². The van der Waals surface area contributed by atoms with E-state index in [1.165, 1.54) is 38.5 Å². The van der Waals surface area contributed by atoms with Gasteiger partial charge in [-0.25, -0.2) is 0 Å². The molecule has 0 radical (unpaired) electrons. The van der Waals surface area contributed by atoms with Gasteiger partial charge in [0.2, 0.25) is 0 Å². The molecule has 1 saturated heterocycles. The minimum Gasteiger partial charge on any atom is -0.381 e. The maximum absolute atomic E-state index is 6.49. The van der Waals surface area contributed by atoms with Crippen LogP contribution in [0, 0.1) is 23.7 Å². The third-order valence-corrected chi connectivity index (χ3v) is 5.11. The van der Waals surface area contributed by atoms with Gasteiger partial charge in [-0.3, -0.25) is 0 Å². The summed E-state index contributed by atoms with van der Waals surface area (Å²) in [5.41, 5.74) is 6.49. The first-order valence-corrected chi connectivity index (χ1v) is 7.51. The van der Waals surface area contributed by atoms with E-state index in [4.69, 9.17) is 10.5 Å². The summed E-state index contributed by atoms with van der Waals surface area (Å²) in [6.07, 6.45) is 7.90. The van der Waals surface area contributed by atoms with Gasteiger partial charge >= 0.3 is 0 Å². The van der Waals surface area contributed by atoms with E-state index in [1.807, 2.05) is 0 Å². The third-order valence-electron chi connectivity index (χ3n) is 5.11. The summed E-state index contributed by atoms with van der Waals surface area (Å²) >= 11 is 0. The summed E-state index contributed by atoms with van der Waals surface area (Å²) in [4.78, 5) is 0. The molecule has 0 spiro atoms. The Morgan fingerprint density at radius 1 is 0.824 bits per heavy atom. The van der Waals surface area contributed by atoms with Crippen molar-refractivity contribution >= 4 is 0 Å². The van der Waals surface area contributed by atoms with Crippen LogP contribution in [0.4, 0.5) is 0 Å². The Morgan fingerprint density at radius 3 is 1.82 bits per heavy atom. The van der Waals surface area contributed by atoms with Gasteiger partial charge in [0, 0.05) is 19.3 Å². The highest BCUT2D eigenvalue weighted by Gasteiger charge is 2.31. The molecule has 0 bridgehead atoms. The molecule has 2 nitrogen and oxygen atoms in total. The van der Waals surface area contributed by atoms with E-state index in [9.17, 15) is 0 Å². The van der Waals surface area contributed by atoms with Gasteiger partial charge in [-0.1, -0.05) is 13.8 Å². The monoisotopic (exact) mass is 239 g/mol. The zero-order valence-electron chi connectivity index (χ0n) is 11.5. The van der Waals surface area contributed by atoms with Crippen LogP contribution in [-0.2, 0) is 4.74 Å². The van der Waals surface area contributed by atoms with E-state index < -0.39 is 0 Å². The highest BCUT2D eigenvalue weighted by Crippen LogP contribution is 2.37. The average Bonchev–Trinajstić information content (AvgIpc) is 2.39. The van der Waals surface area contributed by atoms with Crippen LogP contribution in [0.2, 0.25) is 0 Å². The molecule has 0 aromatic rings. The Morgan fingerprint density at radius 2 is 1.29 bits per heavy atom. The number of nitrogens with two attached hydrogens (primary N) is 1. The second-order valence-electron chi connectivity index (χ2n) is 6.45. The molecule has 1 atom stereocenters. The molecule has 1 saturated carbocycles. The van der Waals surface area contributed by atoms with Gasteiger partial charge in [-0.05, 0) is 62.2 Å². The lowest BCUT2D eigenvalue weighted by Gasteiger charge is -2.38. The normalized spacial score (nSPS) is 33.9. The summed E-state index contributed by atoms with van der Waals surface area (Å²) < 4.78 is 5.43. The van der Waals surface area contributed by atoms with Crippen molar-refractivity contribution in [3.63, 3.8) is 0 Å². The summed E-state index contributed by atoms with van der Waals surface area (Å²) in [5, 5.41) is 0. The van der Waals surface area contributed by atoms with Crippen LogP contribution < -0.4 is 5.73 Å². The number of hydrogen-bond acceptors (Lipinski definition) is 2. The molecular formula is C15H29NO. The molecule has 2 heteroatoms. The van der Waals surface area contributed by atoms with Crippen LogP contribution in [0.25, 0.3) is 0 Å². The predicted octanol–water partition coefficient (Wildman–Crippen LogP) is 3.20. The van der Waals surface area contributed by atoms with E-state index in [0.717, 1.165) is 36.9 Å². The standard InChI is InChI=1S/C15H29NO/c1-11(2)12-3-5-13(6-4-12)15(16)14-7-9-17-10-8-14/h11-15H,3-10,16H2,1-2H3. The Hall–Kier alpha value is -0.0800. The zero-order valence-corrected chi connectivity index (χ0v) is 11.5. The van der Waals surface area contributed by atoms with Crippen molar-refractivity contribution in [2.45, 2.75) is 58.4 Å². The Bertz CT molecular complexity index is 215. The van der Waals surface area contributed by atoms with Gasteiger partial charge < -0.3 is 10.5 Å². The molecule has 0 amide bonds. The van der Waals surface area contributed by atoms with E-state index in [0.29, 0.717) is 6.04 Å². The number of ether oxygens (including phenoxy) is 1. The minimum absolute atomic E-state index is 0.437. The smallest absolute Gasteiger partial charge is 0.0469 e. The molecule has 2 fully saturated rings. The molecule has 2 aliphatic rings. The maximum Gasteiger partial charge on any atom is 0.0469 e. The van der Waals surface area contributed by atoms with Crippen LogP contribution in [0.5, 0.6) is 0 Å². The number of rotatable bonds is 3. The Kier molecular flexibility index (Phi) is 4.87. The largest absolute Gasteiger partial charge is 0.381 e. The summed E-state index contributed by atoms with van der Waals surface area (Å²) in [6, 6.07) is 0.437. The molecule has 1 unspecified atom stereocenters. The molecular weight excluding hydrogens is 210 g/mol. The van der Waals surface area contributed by atoms with Gasteiger partial charge in [0.1, 0.15) is 0 Å². The van der Waals surface area contributed by atoms with E-state index in [1.54, 1.807) is 0 Å². The first-order valence-electron chi connectivity index (χ1n) is 7.51. The second kappa shape index (κ2) is 6.19. The fourth-order valence-corrected chi connectivity index (χ4v) is 3.68. The van der Waals surface area contributed by atoms with Crippen molar-refractivity contribution in [3.8, 4) is 0 Å². The highest BCUT2D eigenvalue weighted by molar-refractivity contribution is 4.85. The van der Waals surface area contributed by atoms with E-state index in [-0.39, 0.29) is 0 Å². The van der Waals surface area contributed by atoms with Crippen molar-refractivity contribution < 1.29 is 4.74 Å². The quantitative estimate of drug-likeness (QED) is 0.821. The van der Waals surface area contributed by atoms with Crippen molar-refractivity contribution in [3.05, 3.63) is 0 Å². The highest BCUT2D eigenvalue weighted by atomic mass is 16.5. The maximum atomic E-state index is 6.49. The molecule has 0 aromatic carbocycles. The zero-order chi connectivity index (χ0) is 12.3. The molecule has 1 heterocycles. The first kappa shape index (κ1) is 13.4. The van der Waals surface area contributed by atoms with Crippen LogP contribution in [0.3, 0.4) is 0 Å². The van der Waals surface area contributed by atoms with E-state index >= 15 is 0 Å². The molecule has 17 heavy (non-hydrogen) atoms. The lowest BCUT2D eigenvalue weighted by molar-refractivity contribution is 0.0449.